The second-order valence-corrected chi connectivity index (χ2v) is 7.06. The molecule has 0 aliphatic carbocycles. The minimum absolute atomic E-state index is 0.714. The molecule has 2 nitrogen and oxygen atoms in total. The van der Waals surface area contributed by atoms with Gasteiger partial charge in [0.2, 0.25) is 0 Å². The van der Waals surface area contributed by atoms with Crippen LogP contribution >= 0.6 is 0 Å². The minimum Gasteiger partial charge on any atom is -0.298 e. The third kappa shape index (κ3) is 3.08. The molecular weight excluding hydrogens is 220 g/mol. The number of hydrogen-bond donors (Lipinski definition) is 0. The van der Waals surface area contributed by atoms with E-state index in [1.165, 1.54) is 38.8 Å². The van der Waals surface area contributed by atoms with Crippen LogP contribution in [0.4, 0.5) is 0 Å². The van der Waals surface area contributed by atoms with Gasteiger partial charge < -0.3 is 0 Å². The maximum Gasteiger partial charge on any atom is 0.00728 e. The van der Waals surface area contributed by atoms with Gasteiger partial charge in [-0.1, -0.05) is 0 Å². The lowest BCUT2D eigenvalue weighted by Crippen LogP contribution is -2.37. The Hall–Kier alpha value is -0.0800. The van der Waals surface area contributed by atoms with E-state index < -0.39 is 0 Å². The molecule has 0 bridgehead atoms. The molecule has 2 unspecified atom stereocenters. The fourth-order valence-electron chi connectivity index (χ4n) is 4.29. The molecule has 2 saturated heterocycles. The Labute approximate surface area is 114 Å². The predicted molar refractivity (Wildman–Crippen MR) is 78.9 cm³/mol. The van der Waals surface area contributed by atoms with Gasteiger partial charge in [0.25, 0.3) is 0 Å². The van der Waals surface area contributed by atoms with E-state index in [2.05, 4.69) is 44.4 Å². The Morgan fingerprint density at radius 2 is 1.78 bits per heavy atom. The van der Waals surface area contributed by atoms with E-state index in [4.69, 9.17) is 0 Å². The van der Waals surface area contributed by atoms with E-state index in [0.29, 0.717) is 6.04 Å². The van der Waals surface area contributed by atoms with E-state index in [9.17, 15) is 0 Å². The molecule has 0 aromatic heterocycles. The molecule has 0 amide bonds. The monoisotopic (exact) mass is 252 g/mol. The Balaban J connectivity index is 1.83. The second kappa shape index (κ2) is 5.92. The summed E-state index contributed by atoms with van der Waals surface area (Å²) in [6, 6.07) is 3.11. The van der Waals surface area contributed by atoms with Crippen molar-refractivity contribution in [3.05, 3.63) is 0 Å². The molecule has 2 fully saturated rings. The molecule has 0 spiro atoms. The van der Waals surface area contributed by atoms with E-state index >= 15 is 0 Å². The zero-order valence-electron chi connectivity index (χ0n) is 13.0. The molecular formula is C16H32N2. The van der Waals surface area contributed by atoms with Crippen molar-refractivity contribution in [3.8, 4) is 0 Å². The highest BCUT2D eigenvalue weighted by molar-refractivity contribution is 4.88. The highest BCUT2D eigenvalue weighted by Gasteiger charge is 2.33. The summed E-state index contributed by atoms with van der Waals surface area (Å²) in [6.45, 7) is 14.6. The van der Waals surface area contributed by atoms with Gasteiger partial charge in [0.15, 0.2) is 0 Å². The molecule has 2 heteroatoms. The van der Waals surface area contributed by atoms with E-state index in [-0.39, 0.29) is 0 Å². The van der Waals surface area contributed by atoms with Crippen molar-refractivity contribution in [2.24, 2.45) is 5.92 Å². The van der Waals surface area contributed by atoms with Crippen molar-refractivity contribution < 1.29 is 0 Å². The van der Waals surface area contributed by atoms with E-state index in [0.717, 1.165) is 24.0 Å². The highest BCUT2D eigenvalue weighted by Crippen LogP contribution is 2.31. The lowest BCUT2D eigenvalue weighted by Gasteiger charge is -2.30. The first kappa shape index (κ1) is 14.3. The number of rotatable bonds is 4. The normalized spacial score (nSPS) is 36.7. The maximum absolute atomic E-state index is 2.74. The summed E-state index contributed by atoms with van der Waals surface area (Å²) in [7, 11) is 0. The van der Waals surface area contributed by atoms with Gasteiger partial charge in [-0.15, -0.1) is 0 Å². The summed E-state index contributed by atoms with van der Waals surface area (Å²) in [6.07, 6.45) is 5.62. The minimum atomic E-state index is 0.714. The summed E-state index contributed by atoms with van der Waals surface area (Å²) in [5.74, 6) is 0.921. The smallest absolute Gasteiger partial charge is 0.00728 e. The first-order chi connectivity index (χ1) is 8.49. The fourth-order valence-corrected chi connectivity index (χ4v) is 4.29. The van der Waals surface area contributed by atoms with Crippen LogP contribution in [-0.4, -0.2) is 47.1 Å². The molecule has 2 aliphatic rings. The Morgan fingerprint density at radius 3 is 2.28 bits per heavy atom. The van der Waals surface area contributed by atoms with Crippen molar-refractivity contribution in [2.45, 2.75) is 84.5 Å². The fraction of sp³-hybridized carbons (Fsp3) is 1.00. The van der Waals surface area contributed by atoms with Gasteiger partial charge in [0.1, 0.15) is 0 Å². The number of likely N-dealkylation sites (tertiary alicyclic amines) is 2. The zero-order chi connectivity index (χ0) is 13.3. The molecule has 4 atom stereocenters. The summed E-state index contributed by atoms with van der Waals surface area (Å²) in [5, 5.41) is 0. The molecule has 0 saturated carbocycles. The van der Waals surface area contributed by atoms with Gasteiger partial charge in [-0.25, -0.2) is 0 Å². The summed E-state index contributed by atoms with van der Waals surface area (Å²) < 4.78 is 0. The second-order valence-electron chi connectivity index (χ2n) is 7.06. The third-order valence-electron chi connectivity index (χ3n) is 5.22. The maximum atomic E-state index is 2.74. The Bertz CT molecular complexity index is 264. The average molecular weight is 252 g/mol. The van der Waals surface area contributed by atoms with Crippen LogP contribution in [0.25, 0.3) is 0 Å². The molecule has 18 heavy (non-hydrogen) atoms. The van der Waals surface area contributed by atoms with Gasteiger partial charge in [-0.05, 0) is 72.8 Å². The molecule has 2 rings (SSSR count). The average Bonchev–Trinajstić information content (AvgIpc) is 2.84. The molecule has 0 radical (unpaired) electrons. The molecule has 2 aliphatic heterocycles. The van der Waals surface area contributed by atoms with Gasteiger partial charge in [0.05, 0.1) is 0 Å². The van der Waals surface area contributed by atoms with Crippen LogP contribution in [0.2, 0.25) is 0 Å². The van der Waals surface area contributed by atoms with Crippen molar-refractivity contribution in [1.29, 1.82) is 0 Å². The zero-order valence-corrected chi connectivity index (χ0v) is 13.0. The largest absolute Gasteiger partial charge is 0.298 e. The summed E-state index contributed by atoms with van der Waals surface area (Å²) in [4.78, 5) is 5.42. The number of nitrogens with zero attached hydrogens (tertiary/aromatic N) is 2. The van der Waals surface area contributed by atoms with Crippen LogP contribution in [0.5, 0.6) is 0 Å². The van der Waals surface area contributed by atoms with Crippen molar-refractivity contribution >= 4 is 0 Å². The first-order valence-electron chi connectivity index (χ1n) is 8.00. The van der Waals surface area contributed by atoms with Crippen molar-refractivity contribution in [2.75, 3.05) is 13.1 Å². The van der Waals surface area contributed by atoms with E-state index in [1.807, 2.05) is 0 Å². The lowest BCUT2D eigenvalue weighted by molar-refractivity contribution is 0.170. The van der Waals surface area contributed by atoms with Gasteiger partial charge in [-0.3, -0.25) is 9.80 Å². The standard InChI is InChI=1S/C16H32N2/c1-12(2)18-11-16(10-15(18)5)9-14(4)17-8-6-7-13(17)3/h12-16H,6-11H2,1-5H3/t13-,14?,15+,16?/m0/s1. The van der Waals surface area contributed by atoms with Crippen LogP contribution in [0.15, 0.2) is 0 Å². The third-order valence-corrected chi connectivity index (χ3v) is 5.22. The predicted octanol–water partition coefficient (Wildman–Crippen LogP) is 3.37. The lowest BCUT2D eigenvalue weighted by atomic mass is 9.97. The molecule has 0 aromatic carbocycles. The van der Waals surface area contributed by atoms with Gasteiger partial charge in [0, 0.05) is 30.7 Å². The Kier molecular flexibility index (Phi) is 4.71. The van der Waals surface area contributed by atoms with Crippen molar-refractivity contribution in [1.82, 2.24) is 9.80 Å². The topological polar surface area (TPSA) is 6.48 Å². The van der Waals surface area contributed by atoms with Crippen LogP contribution in [0.3, 0.4) is 0 Å². The molecule has 106 valence electrons. The van der Waals surface area contributed by atoms with Crippen LogP contribution in [0.1, 0.15) is 60.3 Å². The van der Waals surface area contributed by atoms with Crippen molar-refractivity contribution in [3.63, 3.8) is 0 Å². The Morgan fingerprint density at radius 1 is 1.06 bits per heavy atom. The van der Waals surface area contributed by atoms with Crippen LogP contribution in [-0.2, 0) is 0 Å². The quantitative estimate of drug-likeness (QED) is 0.757. The summed E-state index contributed by atoms with van der Waals surface area (Å²) in [5.41, 5.74) is 0. The molecule has 0 N–H and O–H groups in total. The van der Waals surface area contributed by atoms with Crippen LogP contribution < -0.4 is 0 Å². The molecule has 2 heterocycles. The van der Waals surface area contributed by atoms with Gasteiger partial charge >= 0.3 is 0 Å². The summed E-state index contributed by atoms with van der Waals surface area (Å²) >= 11 is 0. The van der Waals surface area contributed by atoms with E-state index in [1.54, 1.807) is 0 Å². The van der Waals surface area contributed by atoms with Gasteiger partial charge in [-0.2, -0.15) is 0 Å². The highest BCUT2D eigenvalue weighted by atomic mass is 15.2. The first-order valence-corrected chi connectivity index (χ1v) is 8.00. The number of hydrogen-bond acceptors (Lipinski definition) is 2. The van der Waals surface area contributed by atoms with Crippen LogP contribution in [0, 0.1) is 5.92 Å². The SMILES string of the molecule is CC(C)N1CC(CC(C)N2CCC[C@@H]2C)C[C@H]1C. The molecule has 0 aromatic rings.